The zero-order chi connectivity index (χ0) is 23.8. The quantitative estimate of drug-likeness (QED) is 0.375. The van der Waals surface area contributed by atoms with Crippen LogP contribution in [0.5, 0.6) is 5.75 Å². The molecule has 0 aliphatic heterocycles. The molecule has 1 saturated carbocycles. The van der Waals surface area contributed by atoms with Gasteiger partial charge in [-0.25, -0.2) is 9.18 Å². The Morgan fingerprint density at radius 1 is 0.971 bits per heavy atom. The van der Waals surface area contributed by atoms with Gasteiger partial charge in [0, 0.05) is 22.9 Å². The molecule has 0 bridgehead atoms. The number of fused-ring (bicyclic) bond motifs is 1. The van der Waals surface area contributed by atoms with Crippen LogP contribution in [-0.4, -0.2) is 34.0 Å². The molecule has 5 rings (SSSR count). The lowest BCUT2D eigenvalue weighted by molar-refractivity contribution is 0.0697. The van der Waals surface area contributed by atoms with E-state index in [0.29, 0.717) is 18.6 Å². The van der Waals surface area contributed by atoms with Gasteiger partial charge in [-0.15, -0.1) is 0 Å². The summed E-state index contributed by atoms with van der Waals surface area (Å²) in [5.41, 5.74) is 4.94. The number of halogens is 1. The van der Waals surface area contributed by atoms with Crippen molar-refractivity contribution in [1.29, 1.82) is 0 Å². The van der Waals surface area contributed by atoms with Gasteiger partial charge in [0.05, 0.1) is 29.7 Å². The maximum absolute atomic E-state index is 13.8. The van der Waals surface area contributed by atoms with Crippen molar-refractivity contribution in [2.24, 2.45) is 0 Å². The van der Waals surface area contributed by atoms with Crippen molar-refractivity contribution < 1.29 is 24.1 Å². The van der Waals surface area contributed by atoms with Crippen LogP contribution in [0, 0.1) is 5.82 Å². The van der Waals surface area contributed by atoms with Gasteiger partial charge in [-0.05, 0) is 79.8 Å². The largest absolute Gasteiger partial charge is 0.496 e. The highest BCUT2D eigenvalue weighted by Crippen LogP contribution is 2.47. The molecule has 0 unspecified atom stereocenters. The number of methoxy groups -OCH3 is 1. The zero-order valence-corrected chi connectivity index (χ0v) is 18.9. The number of nitrogens with zero attached hydrogens (tertiary/aromatic N) is 1. The van der Waals surface area contributed by atoms with Gasteiger partial charge in [-0.2, -0.15) is 0 Å². The Morgan fingerprint density at radius 3 is 2.26 bits per heavy atom. The van der Waals surface area contributed by atoms with Crippen LogP contribution >= 0.6 is 0 Å². The minimum atomic E-state index is -0.973. The molecule has 0 spiro atoms. The van der Waals surface area contributed by atoms with E-state index in [2.05, 4.69) is 4.57 Å². The second kappa shape index (κ2) is 8.95. The summed E-state index contributed by atoms with van der Waals surface area (Å²) in [6.07, 6.45) is 2.77. The van der Waals surface area contributed by atoms with Crippen LogP contribution in [0.4, 0.5) is 4.39 Å². The molecule has 6 heteroatoms. The van der Waals surface area contributed by atoms with Crippen LogP contribution in [0.3, 0.4) is 0 Å². The fourth-order valence-corrected chi connectivity index (χ4v) is 5.17. The monoisotopic (exact) mass is 459 g/mol. The molecule has 4 aromatic rings. The Balaban J connectivity index is 1.85. The molecular weight excluding hydrogens is 433 g/mol. The summed E-state index contributed by atoms with van der Waals surface area (Å²) < 4.78 is 21.7. The normalized spacial score (nSPS) is 18.2. The van der Waals surface area contributed by atoms with E-state index in [1.54, 1.807) is 31.4 Å². The van der Waals surface area contributed by atoms with Crippen LogP contribution in [0.15, 0.2) is 66.7 Å². The summed E-state index contributed by atoms with van der Waals surface area (Å²) in [6.45, 7) is 0. The van der Waals surface area contributed by atoms with Crippen LogP contribution in [0.1, 0.15) is 47.7 Å². The number of carboxylic acids is 1. The van der Waals surface area contributed by atoms with Crippen LogP contribution in [0.2, 0.25) is 0 Å². The smallest absolute Gasteiger partial charge is 0.335 e. The Labute approximate surface area is 197 Å². The van der Waals surface area contributed by atoms with Gasteiger partial charge >= 0.3 is 5.97 Å². The average molecular weight is 460 g/mol. The predicted molar refractivity (Wildman–Crippen MR) is 129 cm³/mol. The first-order valence-electron chi connectivity index (χ1n) is 11.5. The number of carboxylic acid groups (broad SMARTS) is 1. The molecule has 34 heavy (non-hydrogen) atoms. The highest BCUT2D eigenvalue weighted by atomic mass is 19.1. The van der Waals surface area contributed by atoms with Gasteiger partial charge in [0.15, 0.2) is 0 Å². The first-order valence-corrected chi connectivity index (χ1v) is 11.5. The molecule has 5 nitrogen and oxygen atoms in total. The third-order valence-corrected chi connectivity index (χ3v) is 6.80. The Kier molecular flexibility index (Phi) is 5.84. The standard InChI is InChI=1S/C28H26FNO4/c1-34-24-4-2-3-23-26(24)25(17-5-7-19(8-6-17)28(32)33)27(18-9-15-22(31)16-10-18)30(23)21-13-11-20(29)12-14-21/h2-8,11-14,18,22,31H,9-10,15-16H2,1H3,(H,32,33). The molecular formula is C28H26FNO4. The summed E-state index contributed by atoms with van der Waals surface area (Å²) >= 11 is 0. The molecule has 0 radical (unpaired) electrons. The van der Waals surface area contributed by atoms with E-state index in [0.717, 1.165) is 46.3 Å². The lowest BCUT2D eigenvalue weighted by atomic mass is 9.82. The summed E-state index contributed by atoms with van der Waals surface area (Å²) in [5.74, 6) is -0.392. The third-order valence-electron chi connectivity index (χ3n) is 6.80. The van der Waals surface area contributed by atoms with Crippen molar-refractivity contribution in [3.8, 4) is 22.6 Å². The van der Waals surface area contributed by atoms with E-state index in [1.165, 1.54) is 12.1 Å². The van der Waals surface area contributed by atoms with Crippen LogP contribution in [-0.2, 0) is 0 Å². The maximum atomic E-state index is 13.8. The number of aromatic nitrogens is 1. The van der Waals surface area contributed by atoms with Crippen molar-refractivity contribution in [1.82, 2.24) is 4.57 Å². The van der Waals surface area contributed by atoms with Crippen molar-refractivity contribution in [3.05, 3.63) is 83.8 Å². The second-order valence-corrected chi connectivity index (χ2v) is 8.81. The minimum absolute atomic E-state index is 0.166. The van der Waals surface area contributed by atoms with Crippen LogP contribution < -0.4 is 4.74 Å². The number of hydrogen-bond acceptors (Lipinski definition) is 3. The number of aliphatic hydroxyl groups is 1. The molecule has 0 atom stereocenters. The molecule has 1 heterocycles. The van der Waals surface area contributed by atoms with Gasteiger partial charge in [-0.3, -0.25) is 0 Å². The van der Waals surface area contributed by atoms with E-state index in [4.69, 9.17) is 4.74 Å². The van der Waals surface area contributed by atoms with E-state index in [1.807, 2.05) is 30.3 Å². The molecule has 0 amide bonds. The fourth-order valence-electron chi connectivity index (χ4n) is 5.17. The molecule has 2 N–H and O–H groups in total. The molecule has 3 aromatic carbocycles. The van der Waals surface area contributed by atoms with Crippen molar-refractivity contribution in [3.63, 3.8) is 0 Å². The SMILES string of the molecule is COc1cccc2c1c(-c1ccc(C(=O)O)cc1)c(C1CCC(O)CC1)n2-c1ccc(F)cc1. The number of hydrogen-bond donors (Lipinski definition) is 2. The van der Waals surface area contributed by atoms with E-state index in [9.17, 15) is 19.4 Å². The van der Waals surface area contributed by atoms with Gasteiger partial charge < -0.3 is 19.5 Å². The predicted octanol–water partition coefficient (Wildman–Crippen LogP) is 6.16. The first kappa shape index (κ1) is 22.2. The lowest BCUT2D eigenvalue weighted by Crippen LogP contribution is -2.19. The van der Waals surface area contributed by atoms with Crippen molar-refractivity contribution >= 4 is 16.9 Å². The molecule has 1 fully saturated rings. The van der Waals surface area contributed by atoms with Gasteiger partial charge in [0.25, 0.3) is 0 Å². The molecule has 1 aliphatic rings. The number of aromatic carboxylic acids is 1. The lowest BCUT2D eigenvalue weighted by Gasteiger charge is -2.28. The number of aliphatic hydroxyl groups excluding tert-OH is 1. The van der Waals surface area contributed by atoms with E-state index < -0.39 is 5.97 Å². The topological polar surface area (TPSA) is 71.7 Å². The highest BCUT2D eigenvalue weighted by Gasteiger charge is 2.30. The van der Waals surface area contributed by atoms with E-state index in [-0.39, 0.29) is 23.4 Å². The molecule has 1 aliphatic carbocycles. The molecule has 174 valence electrons. The number of rotatable bonds is 5. The van der Waals surface area contributed by atoms with Gasteiger partial charge in [0.2, 0.25) is 0 Å². The first-order chi connectivity index (χ1) is 16.5. The number of carbonyl (C=O) groups is 1. The summed E-state index contributed by atoms with van der Waals surface area (Å²) in [7, 11) is 1.64. The average Bonchev–Trinajstić information content (AvgIpc) is 3.20. The van der Waals surface area contributed by atoms with Crippen molar-refractivity contribution in [2.75, 3.05) is 7.11 Å². The highest BCUT2D eigenvalue weighted by molar-refractivity contribution is 6.04. The summed E-state index contributed by atoms with van der Waals surface area (Å²) in [4.78, 5) is 11.4. The second-order valence-electron chi connectivity index (χ2n) is 8.81. The number of benzene rings is 3. The Morgan fingerprint density at radius 2 is 1.65 bits per heavy atom. The van der Waals surface area contributed by atoms with Crippen LogP contribution in [0.25, 0.3) is 27.7 Å². The number of ether oxygens (including phenoxy) is 1. The maximum Gasteiger partial charge on any atom is 0.335 e. The summed E-state index contributed by atoms with van der Waals surface area (Å²) in [6, 6.07) is 19.2. The fraction of sp³-hybridized carbons (Fsp3) is 0.250. The minimum Gasteiger partial charge on any atom is -0.496 e. The van der Waals surface area contributed by atoms with Gasteiger partial charge in [-0.1, -0.05) is 18.2 Å². The third kappa shape index (κ3) is 3.84. The van der Waals surface area contributed by atoms with Crippen molar-refractivity contribution in [2.45, 2.75) is 37.7 Å². The zero-order valence-electron chi connectivity index (χ0n) is 18.9. The van der Waals surface area contributed by atoms with E-state index >= 15 is 0 Å². The van der Waals surface area contributed by atoms with Gasteiger partial charge in [0.1, 0.15) is 11.6 Å². The molecule has 1 aromatic heterocycles. The summed E-state index contributed by atoms with van der Waals surface area (Å²) in [5, 5.41) is 20.5. The Bertz CT molecular complexity index is 1330. The molecule has 0 saturated heterocycles. The Hall–Kier alpha value is -3.64.